The maximum absolute atomic E-state index is 5.44. The molecule has 0 bridgehead atoms. The van der Waals surface area contributed by atoms with E-state index in [1.165, 1.54) is 12.8 Å². The average Bonchev–Trinajstić information content (AvgIpc) is 3.46. The minimum absolute atomic E-state index is 0.741. The Morgan fingerprint density at radius 1 is 1.24 bits per heavy atom. The van der Waals surface area contributed by atoms with Crippen molar-refractivity contribution in [2.24, 2.45) is 4.99 Å². The Hall–Kier alpha value is -1.79. The van der Waals surface area contributed by atoms with Crippen LogP contribution in [0.5, 0.6) is 5.75 Å². The van der Waals surface area contributed by atoms with Gasteiger partial charge < -0.3 is 19.7 Å². The number of rotatable bonds is 10. The van der Waals surface area contributed by atoms with Gasteiger partial charge in [0.2, 0.25) is 0 Å². The lowest BCUT2D eigenvalue weighted by atomic mass is 10.2. The van der Waals surface area contributed by atoms with E-state index < -0.39 is 0 Å². The lowest BCUT2D eigenvalue weighted by Crippen LogP contribution is -2.43. The third-order valence-electron chi connectivity index (χ3n) is 4.50. The van der Waals surface area contributed by atoms with Crippen LogP contribution in [0.1, 0.15) is 18.4 Å². The van der Waals surface area contributed by atoms with Gasteiger partial charge >= 0.3 is 0 Å². The quantitative estimate of drug-likeness (QED) is 0.516. The van der Waals surface area contributed by atoms with Crippen LogP contribution in [0.4, 0.5) is 0 Å². The molecule has 6 heteroatoms. The highest BCUT2D eigenvalue weighted by Crippen LogP contribution is 2.26. The predicted molar refractivity (Wildman–Crippen MR) is 102 cm³/mol. The van der Waals surface area contributed by atoms with Crippen LogP contribution in [-0.4, -0.2) is 76.4 Å². The molecule has 0 heterocycles. The summed E-state index contributed by atoms with van der Waals surface area (Å²) in [4.78, 5) is 9.03. The minimum Gasteiger partial charge on any atom is -0.496 e. The Morgan fingerprint density at radius 3 is 2.64 bits per heavy atom. The standard InChI is InChI=1S/C19H32N4O2/c1-20-19(21-11-12-23(13-14-24-3)17-9-10-17)22(2)15-16-7-5-6-8-18(16)25-4/h5-8,17H,9-15H2,1-4H3,(H,20,21). The molecular formula is C19H32N4O2. The molecule has 140 valence electrons. The molecule has 0 spiro atoms. The zero-order valence-electron chi connectivity index (χ0n) is 16.0. The summed E-state index contributed by atoms with van der Waals surface area (Å²) in [5.41, 5.74) is 1.15. The first-order valence-corrected chi connectivity index (χ1v) is 8.96. The Labute approximate surface area is 151 Å². The van der Waals surface area contributed by atoms with E-state index >= 15 is 0 Å². The molecule has 0 saturated heterocycles. The van der Waals surface area contributed by atoms with Gasteiger partial charge in [-0.2, -0.15) is 0 Å². The average molecular weight is 348 g/mol. The fraction of sp³-hybridized carbons (Fsp3) is 0.632. The molecule has 1 aliphatic rings. The summed E-state index contributed by atoms with van der Waals surface area (Å²) >= 11 is 0. The third kappa shape index (κ3) is 6.21. The second kappa shape index (κ2) is 10.3. The second-order valence-corrected chi connectivity index (χ2v) is 6.40. The van der Waals surface area contributed by atoms with Crippen molar-refractivity contribution in [2.45, 2.75) is 25.4 Å². The second-order valence-electron chi connectivity index (χ2n) is 6.40. The first kappa shape index (κ1) is 19.5. The van der Waals surface area contributed by atoms with Crippen molar-refractivity contribution >= 4 is 5.96 Å². The van der Waals surface area contributed by atoms with E-state index in [1.54, 1.807) is 14.2 Å². The lowest BCUT2D eigenvalue weighted by molar-refractivity contribution is 0.144. The number of hydrogen-bond acceptors (Lipinski definition) is 4. The molecule has 1 aromatic rings. The van der Waals surface area contributed by atoms with Crippen molar-refractivity contribution in [1.29, 1.82) is 0 Å². The highest BCUT2D eigenvalue weighted by molar-refractivity contribution is 5.79. The van der Waals surface area contributed by atoms with Crippen molar-refractivity contribution in [2.75, 3.05) is 54.6 Å². The smallest absolute Gasteiger partial charge is 0.193 e. The van der Waals surface area contributed by atoms with Gasteiger partial charge in [-0.1, -0.05) is 18.2 Å². The van der Waals surface area contributed by atoms with Gasteiger partial charge in [-0.25, -0.2) is 0 Å². The van der Waals surface area contributed by atoms with Crippen LogP contribution in [0, 0.1) is 0 Å². The summed E-state index contributed by atoms with van der Waals surface area (Å²) in [6, 6.07) is 8.84. The molecule has 6 nitrogen and oxygen atoms in total. The third-order valence-corrected chi connectivity index (χ3v) is 4.50. The molecule has 2 rings (SSSR count). The minimum atomic E-state index is 0.741. The molecule has 1 N–H and O–H groups in total. The van der Waals surface area contributed by atoms with E-state index in [2.05, 4.69) is 26.2 Å². The van der Waals surface area contributed by atoms with Crippen molar-refractivity contribution in [3.63, 3.8) is 0 Å². The van der Waals surface area contributed by atoms with Crippen LogP contribution >= 0.6 is 0 Å². The van der Waals surface area contributed by atoms with Gasteiger partial charge in [-0.15, -0.1) is 0 Å². The summed E-state index contributed by atoms with van der Waals surface area (Å²) < 4.78 is 10.7. The molecule has 0 unspecified atom stereocenters. The fourth-order valence-corrected chi connectivity index (χ4v) is 2.99. The molecule has 1 aromatic carbocycles. The Bertz CT molecular complexity index is 546. The summed E-state index contributed by atoms with van der Waals surface area (Å²) in [7, 11) is 7.34. The summed E-state index contributed by atoms with van der Waals surface area (Å²) in [6.45, 7) is 4.43. The summed E-state index contributed by atoms with van der Waals surface area (Å²) in [5, 5.41) is 3.47. The topological polar surface area (TPSA) is 49.3 Å². The maximum Gasteiger partial charge on any atom is 0.193 e. The number of aliphatic imine (C=N–C) groups is 1. The molecule has 1 saturated carbocycles. The number of para-hydroxylation sites is 1. The van der Waals surface area contributed by atoms with E-state index in [4.69, 9.17) is 9.47 Å². The number of methoxy groups -OCH3 is 2. The fourth-order valence-electron chi connectivity index (χ4n) is 2.99. The largest absolute Gasteiger partial charge is 0.496 e. The van der Waals surface area contributed by atoms with Crippen LogP contribution in [0.25, 0.3) is 0 Å². The first-order valence-electron chi connectivity index (χ1n) is 8.96. The van der Waals surface area contributed by atoms with Gasteiger partial charge in [-0.3, -0.25) is 9.89 Å². The molecule has 0 aliphatic heterocycles. The first-order chi connectivity index (χ1) is 12.2. The van der Waals surface area contributed by atoms with Crippen LogP contribution < -0.4 is 10.1 Å². The number of guanidine groups is 1. The Balaban J connectivity index is 1.82. The van der Waals surface area contributed by atoms with Crippen LogP contribution in [-0.2, 0) is 11.3 Å². The van der Waals surface area contributed by atoms with E-state index in [9.17, 15) is 0 Å². The van der Waals surface area contributed by atoms with Crippen molar-refractivity contribution in [1.82, 2.24) is 15.1 Å². The van der Waals surface area contributed by atoms with E-state index in [0.717, 1.165) is 56.1 Å². The van der Waals surface area contributed by atoms with Crippen LogP contribution in [0.15, 0.2) is 29.3 Å². The van der Waals surface area contributed by atoms with Crippen LogP contribution in [0.3, 0.4) is 0 Å². The number of ether oxygens (including phenoxy) is 2. The number of nitrogens with one attached hydrogen (secondary N) is 1. The van der Waals surface area contributed by atoms with Gasteiger partial charge in [0.1, 0.15) is 5.75 Å². The van der Waals surface area contributed by atoms with Crippen molar-refractivity contribution < 1.29 is 9.47 Å². The SMILES string of the molecule is CN=C(NCCN(CCOC)C1CC1)N(C)Cc1ccccc1OC. The summed E-state index contributed by atoms with van der Waals surface area (Å²) in [5.74, 6) is 1.80. The molecule has 0 atom stereocenters. The van der Waals surface area contributed by atoms with Gasteiger partial charge in [0.25, 0.3) is 0 Å². The number of benzene rings is 1. The van der Waals surface area contributed by atoms with Gasteiger partial charge in [0, 0.05) is 59.0 Å². The Morgan fingerprint density at radius 2 is 2.00 bits per heavy atom. The summed E-state index contributed by atoms with van der Waals surface area (Å²) in [6.07, 6.45) is 2.62. The molecule has 0 aromatic heterocycles. The molecule has 25 heavy (non-hydrogen) atoms. The van der Waals surface area contributed by atoms with Crippen molar-refractivity contribution in [3.05, 3.63) is 29.8 Å². The van der Waals surface area contributed by atoms with E-state index in [-0.39, 0.29) is 0 Å². The molecule has 1 fully saturated rings. The predicted octanol–water partition coefficient (Wildman–Crippen LogP) is 1.81. The highest BCUT2D eigenvalue weighted by atomic mass is 16.5. The zero-order chi connectivity index (χ0) is 18.1. The molecular weight excluding hydrogens is 316 g/mol. The van der Waals surface area contributed by atoms with Gasteiger partial charge in [-0.05, 0) is 18.9 Å². The number of nitrogens with zero attached hydrogens (tertiary/aromatic N) is 3. The molecule has 0 radical (unpaired) electrons. The van der Waals surface area contributed by atoms with E-state index in [0.29, 0.717) is 0 Å². The number of hydrogen-bond donors (Lipinski definition) is 1. The Kier molecular flexibility index (Phi) is 8.01. The van der Waals surface area contributed by atoms with E-state index in [1.807, 2.05) is 32.3 Å². The van der Waals surface area contributed by atoms with Crippen LogP contribution in [0.2, 0.25) is 0 Å². The molecule has 0 amide bonds. The highest BCUT2D eigenvalue weighted by Gasteiger charge is 2.28. The molecule has 1 aliphatic carbocycles. The normalized spacial score (nSPS) is 14.7. The monoisotopic (exact) mass is 348 g/mol. The zero-order valence-corrected chi connectivity index (χ0v) is 16.0. The lowest BCUT2D eigenvalue weighted by Gasteiger charge is -2.25. The van der Waals surface area contributed by atoms with Crippen molar-refractivity contribution in [3.8, 4) is 5.75 Å². The van der Waals surface area contributed by atoms with Gasteiger partial charge in [0.15, 0.2) is 5.96 Å². The van der Waals surface area contributed by atoms with Gasteiger partial charge in [0.05, 0.1) is 13.7 Å². The maximum atomic E-state index is 5.44.